The number of benzene rings is 1. The average Bonchev–Trinajstić information content (AvgIpc) is 3.45. The summed E-state index contributed by atoms with van der Waals surface area (Å²) in [6.07, 6.45) is 7.81. The lowest BCUT2D eigenvalue weighted by atomic mass is 9.97. The molecule has 0 saturated carbocycles. The number of hydrogen-bond donors (Lipinski definition) is 1. The molecule has 3 aromatic rings. The van der Waals surface area contributed by atoms with Gasteiger partial charge in [0.15, 0.2) is 0 Å². The zero-order valence-corrected chi connectivity index (χ0v) is 19.7. The zero-order valence-electron chi connectivity index (χ0n) is 19.7. The second-order valence-corrected chi connectivity index (χ2v) is 9.59. The van der Waals surface area contributed by atoms with Crippen molar-refractivity contribution in [2.75, 3.05) is 24.5 Å². The van der Waals surface area contributed by atoms with Crippen LogP contribution in [-0.4, -0.2) is 62.8 Å². The van der Waals surface area contributed by atoms with Crippen molar-refractivity contribution in [2.45, 2.75) is 38.3 Å². The van der Waals surface area contributed by atoms with Crippen LogP contribution in [0.5, 0.6) is 0 Å². The van der Waals surface area contributed by atoms with Gasteiger partial charge in [0.2, 0.25) is 11.8 Å². The van der Waals surface area contributed by atoms with Gasteiger partial charge < -0.3 is 14.8 Å². The van der Waals surface area contributed by atoms with Crippen LogP contribution >= 0.6 is 0 Å². The number of nitrogens with zero attached hydrogens (tertiary/aromatic N) is 4. The van der Waals surface area contributed by atoms with E-state index in [1.54, 1.807) is 22.1 Å². The Labute approximate surface area is 203 Å². The molecule has 3 amide bonds. The Morgan fingerprint density at radius 1 is 1.11 bits per heavy atom. The molecule has 3 aliphatic heterocycles. The maximum absolute atomic E-state index is 13.4. The summed E-state index contributed by atoms with van der Waals surface area (Å²) in [5.74, 6) is -0.0763. The van der Waals surface area contributed by atoms with E-state index in [2.05, 4.69) is 22.1 Å². The molecule has 178 valence electrons. The molecule has 0 unspecified atom stereocenters. The number of aromatic nitrogens is 2. The van der Waals surface area contributed by atoms with Crippen LogP contribution in [0.25, 0.3) is 16.6 Å². The Balaban J connectivity index is 1.17. The van der Waals surface area contributed by atoms with Gasteiger partial charge in [0.1, 0.15) is 11.3 Å². The van der Waals surface area contributed by atoms with Gasteiger partial charge in [-0.1, -0.05) is 18.2 Å². The fraction of sp³-hybridized carbons (Fsp3) is 0.333. The van der Waals surface area contributed by atoms with E-state index in [1.807, 2.05) is 42.3 Å². The van der Waals surface area contributed by atoms with Gasteiger partial charge in [-0.2, -0.15) is 0 Å². The van der Waals surface area contributed by atoms with E-state index in [1.165, 1.54) is 5.57 Å². The third-order valence-electron chi connectivity index (χ3n) is 7.65. The smallest absolute Gasteiger partial charge is 0.257 e. The monoisotopic (exact) mass is 469 g/mol. The van der Waals surface area contributed by atoms with Gasteiger partial charge in [0, 0.05) is 55.8 Å². The first-order chi connectivity index (χ1) is 17.0. The van der Waals surface area contributed by atoms with Crippen molar-refractivity contribution in [2.24, 2.45) is 0 Å². The molecule has 35 heavy (non-hydrogen) atoms. The van der Waals surface area contributed by atoms with Gasteiger partial charge in [-0.3, -0.25) is 19.3 Å². The minimum Gasteiger partial charge on any atom is -0.346 e. The van der Waals surface area contributed by atoms with E-state index < -0.39 is 5.66 Å². The Morgan fingerprint density at radius 2 is 1.97 bits per heavy atom. The number of pyridine rings is 1. The van der Waals surface area contributed by atoms with Crippen molar-refractivity contribution < 1.29 is 14.4 Å². The first kappa shape index (κ1) is 21.6. The van der Waals surface area contributed by atoms with E-state index in [0.29, 0.717) is 37.2 Å². The number of aromatic amines is 1. The fourth-order valence-electron chi connectivity index (χ4n) is 5.77. The second kappa shape index (κ2) is 8.08. The van der Waals surface area contributed by atoms with Crippen LogP contribution in [0.4, 0.5) is 5.69 Å². The molecular weight excluding hydrogens is 442 g/mol. The predicted molar refractivity (Wildman–Crippen MR) is 132 cm³/mol. The molecular formula is C27H27N5O3. The SMILES string of the molecule is C[C@]12CCC(=O)N1c1ccccc1C(=O)N2CCC(=O)N1CC=C(c2c[nH]c3ncccc23)CC1. The highest BCUT2D eigenvalue weighted by Gasteiger charge is 2.52. The molecule has 0 bridgehead atoms. The molecule has 1 N–H and O–H groups in total. The normalized spacial score (nSPS) is 21.9. The third-order valence-corrected chi connectivity index (χ3v) is 7.65. The molecule has 0 spiro atoms. The number of carbonyl (C=O) groups is 3. The van der Waals surface area contributed by atoms with Crippen molar-refractivity contribution in [3.8, 4) is 0 Å². The standard InChI is InChI=1S/C27H27N5O3/c1-27-12-8-24(34)32(27)22-7-3-2-5-20(22)26(35)31(27)16-11-23(33)30-14-9-18(10-15-30)21-17-29-25-19(21)6-4-13-28-25/h2-7,9,13,17H,8,10-12,14-16H2,1H3,(H,28,29)/t27-/m1/s1. The number of anilines is 1. The van der Waals surface area contributed by atoms with Crippen LogP contribution in [-0.2, 0) is 9.59 Å². The number of nitrogens with one attached hydrogen (secondary N) is 1. The van der Waals surface area contributed by atoms with Crippen LogP contribution in [0.1, 0.15) is 48.5 Å². The van der Waals surface area contributed by atoms with Crippen molar-refractivity contribution in [1.82, 2.24) is 19.8 Å². The van der Waals surface area contributed by atoms with Gasteiger partial charge in [-0.15, -0.1) is 0 Å². The van der Waals surface area contributed by atoms with E-state index in [0.717, 1.165) is 23.0 Å². The van der Waals surface area contributed by atoms with E-state index in [-0.39, 0.29) is 30.7 Å². The van der Waals surface area contributed by atoms with Gasteiger partial charge >= 0.3 is 0 Å². The summed E-state index contributed by atoms with van der Waals surface area (Å²) in [6, 6.07) is 11.2. The fourth-order valence-corrected chi connectivity index (χ4v) is 5.77. The molecule has 1 saturated heterocycles. The largest absolute Gasteiger partial charge is 0.346 e. The average molecular weight is 470 g/mol. The van der Waals surface area contributed by atoms with Crippen molar-refractivity contribution in [3.63, 3.8) is 0 Å². The molecule has 3 aliphatic rings. The zero-order chi connectivity index (χ0) is 24.2. The number of carbonyl (C=O) groups excluding carboxylic acids is 3. The number of H-pyrrole nitrogens is 1. The topological polar surface area (TPSA) is 89.6 Å². The van der Waals surface area contributed by atoms with Gasteiger partial charge in [-0.05, 0) is 49.6 Å². The molecule has 8 heteroatoms. The molecule has 1 aromatic carbocycles. The summed E-state index contributed by atoms with van der Waals surface area (Å²) in [6.45, 7) is 3.39. The molecule has 5 heterocycles. The summed E-state index contributed by atoms with van der Waals surface area (Å²) in [4.78, 5) is 52.1. The molecule has 2 aromatic heterocycles. The van der Waals surface area contributed by atoms with Crippen LogP contribution in [0.15, 0.2) is 54.9 Å². The van der Waals surface area contributed by atoms with Crippen LogP contribution < -0.4 is 4.90 Å². The summed E-state index contributed by atoms with van der Waals surface area (Å²) >= 11 is 0. The number of fused-ring (bicyclic) bond motifs is 4. The minimum atomic E-state index is -0.735. The summed E-state index contributed by atoms with van der Waals surface area (Å²) < 4.78 is 0. The lowest BCUT2D eigenvalue weighted by Gasteiger charge is -2.48. The Kier molecular flexibility index (Phi) is 4.98. The lowest BCUT2D eigenvalue weighted by molar-refractivity contribution is -0.131. The van der Waals surface area contributed by atoms with Crippen LogP contribution in [0, 0.1) is 0 Å². The Hall–Kier alpha value is -3.94. The lowest BCUT2D eigenvalue weighted by Crippen LogP contribution is -2.62. The van der Waals surface area contributed by atoms with Gasteiger partial charge in [0.05, 0.1) is 11.3 Å². The third kappa shape index (κ3) is 3.35. The summed E-state index contributed by atoms with van der Waals surface area (Å²) in [5, 5.41) is 1.09. The highest BCUT2D eigenvalue weighted by atomic mass is 16.2. The maximum Gasteiger partial charge on any atom is 0.257 e. The minimum absolute atomic E-state index is 0.0185. The molecule has 8 nitrogen and oxygen atoms in total. The highest BCUT2D eigenvalue weighted by Crippen LogP contribution is 2.44. The molecule has 6 rings (SSSR count). The first-order valence-corrected chi connectivity index (χ1v) is 12.1. The number of hydrogen-bond acceptors (Lipinski definition) is 4. The quantitative estimate of drug-likeness (QED) is 0.633. The van der Waals surface area contributed by atoms with Crippen LogP contribution in [0.3, 0.4) is 0 Å². The molecule has 0 aliphatic carbocycles. The number of para-hydroxylation sites is 1. The molecule has 0 radical (unpaired) electrons. The van der Waals surface area contributed by atoms with Crippen molar-refractivity contribution >= 4 is 40.0 Å². The maximum atomic E-state index is 13.4. The molecule has 1 atom stereocenters. The van der Waals surface area contributed by atoms with Crippen molar-refractivity contribution in [1.29, 1.82) is 0 Å². The van der Waals surface area contributed by atoms with Gasteiger partial charge in [0.25, 0.3) is 5.91 Å². The highest BCUT2D eigenvalue weighted by molar-refractivity contribution is 6.10. The summed E-state index contributed by atoms with van der Waals surface area (Å²) in [7, 11) is 0. The van der Waals surface area contributed by atoms with Gasteiger partial charge in [-0.25, -0.2) is 4.98 Å². The van der Waals surface area contributed by atoms with E-state index >= 15 is 0 Å². The van der Waals surface area contributed by atoms with Crippen LogP contribution in [0.2, 0.25) is 0 Å². The Bertz CT molecular complexity index is 1390. The van der Waals surface area contributed by atoms with E-state index in [9.17, 15) is 14.4 Å². The summed E-state index contributed by atoms with van der Waals surface area (Å²) in [5.41, 5.74) is 3.67. The van der Waals surface area contributed by atoms with E-state index in [4.69, 9.17) is 0 Å². The molecule has 1 fully saturated rings. The van der Waals surface area contributed by atoms with Crippen molar-refractivity contribution in [3.05, 3.63) is 66.0 Å². The predicted octanol–water partition coefficient (Wildman–Crippen LogP) is 3.57. The second-order valence-electron chi connectivity index (χ2n) is 9.59. The number of amides is 3. The number of rotatable bonds is 4. The first-order valence-electron chi connectivity index (χ1n) is 12.1. The Morgan fingerprint density at radius 3 is 2.80 bits per heavy atom.